The van der Waals surface area contributed by atoms with E-state index in [0.29, 0.717) is 0 Å². The minimum absolute atomic E-state index is 0.235. The van der Waals surface area contributed by atoms with E-state index in [9.17, 15) is 0 Å². The van der Waals surface area contributed by atoms with E-state index in [1.165, 1.54) is 51.4 Å². The van der Waals surface area contributed by atoms with Crippen LogP contribution in [0.2, 0.25) is 0 Å². The molecule has 0 aromatic rings. The molecule has 0 spiro atoms. The highest BCUT2D eigenvalue weighted by molar-refractivity contribution is 4.77. The lowest BCUT2D eigenvalue weighted by atomic mass is 10.00. The van der Waals surface area contributed by atoms with E-state index < -0.39 is 0 Å². The lowest BCUT2D eigenvalue weighted by molar-refractivity contribution is -0.177. The molecule has 0 radical (unpaired) electrons. The highest BCUT2D eigenvalue weighted by Gasteiger charge is 2.38. The Hall–Kier alpha value is -0.0800. The molecule has 2 heteroatoms. The summed E-state index contributed by atoms with van der Waals surface area (Å²) in [6, 6.07) is 0. The first-order valence-electron chi connectivity index (χ1n) is 10.0. The Bertz CT molecular complexity index is 192. The molecule has 1 rings (SSSR count). The van der Waals surface area contributed by atoms with Gasteiger partial charge in [0.05, 0.1) is 12.7 Å². The molecule has 2 nitrogen and oxygen atoms in total. The second kappa shape index (κ2) is 17.3. The van der Waals surface area contributed by atoms with Crippen LogP contribution < -0.4 is 0 Å². The SMILES string of the molecule is CC.CC.CCCCCCC1(CCCCCC)OCC(C)O1. The quantitative estimate of drug-likeness (QED) is 0.400. The second-order valence-electron chi connectivity index (χ2n) is 5.77. The van der Waals surface area contributed by atoms with Gasteiger partial charge in [0.15, 0.2) is 5.79 Å². The van der Waals surface area contributed by atoms with Crippen molar-refractivity contribution < 1.29 is 9.47 Å². The molecular weight excluding hydrogens is 272 g/mol. The fourth-order valence-corrected chi connectivity index (χ4v) is 2.73. The lowest BCUT2D eigenvalue weighted by Crippen LogP contribution is -2.30. The van der Waals surface area contributed by atoms with E-state index >= 15 is 0 Å². The molecule has 22 heavy (non-hydrogen) atoms. The summed E-state index contributed by atoms with van der Waals surface area (Å²) in [7, 11) is 0. The average Bonchev–Trinajstić information content (AvgIpc) is 2.94. The lowest BCUT2D eigenvalue weighted by Gasteiger charge is -2.28. The van der Waals surface area contributed by atoms with Gasteiger partial charge in [-0.3, -0.25) is 0 Å². The predicted octanol–water partition coefficient (Wildman–Crippen LogP) is 7.11. The van der Waals surface area contributed by atoms with E-state index in [1.807, 2.05) is 27.7 Å². The van der Waals surface area contributed by atoms with Gasteiger partial charge in [-0.05, 0) is 19.8 Å². The standard InChI is InChI=1S/C16H32O2.2C2H6/c1-4-6-8-10-12-16(13-11-9-7-5-2)17-14-15(3)18-16;2*1-2/h15H,4-14H2,1-3H3;2*1-2H3. The third-order valence-electron chi connectivity index (χ3n) is 3.82. The molecule has 1 unspecified atom stereocenters. The maximum Gasteiger partial charge on any atom is 0.168 e. The Morgan fingerprint density at radius 2 is 1.23 bits per heavy atom. The molecule has 0 N–H and O–H groups in total. The Balaban J connectivity index is 0. The molecule has 1 saturated heterocycles. The minimum atomic E-state index is -0.235. The summed E-state index contributed by atoms with van der Waals surface area (Å²) in [6.07, 6.45) is 12.8. The normalized spacial score (nSPS) is 19.0. The molecule has 0 saturated carbocycles. The second-order valence-corrected chi connectivity index (χ2v) is 5.77. The third kappa shape index (κ3) is 11.5. The topological polar surface area (TPSA) is 18.5 Å². The zero-order valence-corrected chi connectivity index (χ0v) is 16.7. The first-order chi connectivity index (χ1) is 10.7. The zero-order valence-electron chi connectivity index (χ0n) is 16.7. The van der Waals surface area contributed by atoms with E-state index in [-0.39, 0.29) is 11.9 Å². The Labute approximate surface area is 141 Å². The van der Waals surface area contributed by atoms with Crippen molar-refractivity contribution in [2.75, 3.05) is 6.61 Å². The Morgan fingerprint density at radius 1 is 0.773 bits per heavy atom. The van der Waals surface area contributed by atoms with Gasteiger partial charge in [-0.2, -0.15) is 0 Å². The first kappa shape index (κ1) is 24.2. The van der Waals surface area contributed by atoms with Gasteiger partial charge in [-0.1, -0.05) is 80.1 Å². The fourth-order valence-electron chi connectivity index (χ4n) is 2.73. The van der Waals surface area contributed by atoms with Gasteiger partial charge in [0.25, 0.3) is 0 Å². The van der Waals surface area contributed by atoms with Crippen molar-refractivity contribution in [1.82, 2.24) is 0 Å². The highest BCUT2D eigenvalue weighted by atomic mass is 16.7. The Morgan fingerprint density at radius 3 is 1.55 bits per heavy atom. The van der Waals surface area contributed by atoms with Crippen molar-refractivity contribution in [1.29, 1.82) is 0 Å². The van der Waals surface area contributed by atoms with Crippen LogP contribution in [0.4, 0.5) is 0 Å². The van der Waals surface area contributed by atoms with E-state index in [1.54, 1.807) is 0 Å². The largest absolute Gasteiger partial charge is 0.347 e. The summed E-state index contributed by atoms with van der Waals surface area (Å²) in [5.74, 6) is -0.235. The molecule has 0 aromatic carbocycles. The number of ether oxygens (including phenoxy) is 2. The van der Waals surface area contributed by atoms with Gasteiger partial charge in [0.1, 0.15) is 0 Å². The molecule has 1 heterocycles. The van der Waals surface area contributed by atoms with Crippen molar-refractivity contribution >= 4 is 0 Å². The monoisotopic (exact) mass is 316 g/mol. The van der Waals surface area contributed by atoms with Gasteiger partial charge in [-0.15, -0.1) is 0 Å². The van der Waals surface area contributed by atoms with Crippen molar-refractivity contribution in [2.24, 2.45) is 0 Å². The zero-order chi connectivity index (χ0) is 17.3. The summed E-state index contributed by atoms with van der Waals surface area (Å²) in [5.41, 5.74) is 0. The third-order valence-corrected chi connectivity index (χ3v) is 3.82. The first-order valence-corrected chi connectivity index (χ1v) is 10.0. The van der Waals surface area contributed by atoms with Crippen molar-refractivity contribution in [2.45, 2.75) is 125 Å². The molecule has 1 fully saturated rings. The summed E-state index contributed by atoms with van der Waals surface area (Å²) in [5, 5.41) is 0. The Kier molecular flexibility index (Phi) is 19.0. The van der Waals surface area contributed by atoms with E-state index in [2.05, 4.69) is 20.8 Å². The van der Waals surface area contributed by atoms with E-state index in [0.717, 1.165) is 19.4 Å². The maximum atomic E-state index is 6.09. The van der Waals surface area contributed by atoms with Crippen LogP contribution in [0.3, 0.4) is 0 Å². The molecule has 0 aromatic heterocycles. The molecule has 1 aliphatic rings. The number of unbranched alkanes of at least 4 members (excludes halogenated alkanes) is 6. The van der Waals surface area contributed by atoms with Crippen LogP contribution >= 0.6 is 0 Å². The number of rotatable bonds is 10. The van der Waals surface area contributed by atoms with Crippen LogP contribution in [0.5, 0.6) is 0 Å². The molecule has 0 amide bonds. The van der Waals surface area contributed by atoms with Crippen molar-refractivity contribution in [3.05, 3.63) is 0 Å². The molecule has 0 aliphatic carbocycles. The van der Waals surface area contributed by atoms with Gasteiger partial charge in [0, 0.05) is 12.8 Å². The van der Waals surface area contributed by atoms with Gasteiger partial charge in [-0.25, -0.2) is 0 Å². The van der Waals surface area contributed by atoms with Crippen LogP contribution in [0.25, 0.3) is 0 Å². The molecule has 1 atom stereocenters. The van der Waals surface area contributed by atoms with Crippen molar-refractivity contribution in [3.63, 3.8) is 0 Å². The van der Waals surface area contributed by atoms with Gasteiger partial charge >= 0.3 is 0 Å². The van der Waals surface area contributed by atoms with Gasteiger partial charge in [0.2, 0.25) is 0 Å². The number of hydrogen-bond donors (Lipinski definition) is 0. The van der Waals surface area contributed by atoms with Crippen LogP contribution in [0.1, 0.15) is 113 Å². The van der Waals surface area contributed by atoms with Gasteiger partial charge < -0.3 is 9.47 Å². The van der Waals surface area contributed by atoms with Crippen LogP contribution in [0, 0.1) is 0 Å². The number of hydrogen-bond acceptors (Lipinski definition) is 2. The summed E-state index contributed by atoms with van der Waals surface area (Å²) < 4.78 is 12.1. The summed E-state index contributed by atoms with van der Waals surface area (Å²) >= 11 is 0. The highest BCUT2D eigenvalue weighted by Crippen LogP contribution is 2.34. The molecule has 136 valence electrons. The van der Waals surface area contributed by atoms with Crippen LogP contribution in [-0.2, 0) is 9.47 Å². The summed E-state index contributed by atoms with van der Waals surface area (Å²) in [4.78, 5) is 0. The molecular formula is C20H44O2. The predicted molar refractivity (Wildman–Crippen MR) is 99.4 cm³/mol. The van der Waals surface area contributed by atoms with Crippen LogP contribution in [0.15, 0.2) is 0 Å². The fraction of sp³-hybridized carbons (Fsp3) is 1.00. The van der Waals surface area contributed by atoms with Crippen LogP contribution in [-0.4, -0.2) is 18.5 Å². The average molecular weight is 317 g/mol. The minimum Gasteiger partial charge on any atom is -0.347 e. The maximum absolute atomic E-state index is 6.09. The molecule has 1 aliphatic heterocycles. The smallest absolute Gasteiger partial charge is 0.168 e. The van der Waals surface area contributed by atoms with Crippen molar-refractivity contribution in [3.8, 4) is 0 Å². The molecule has 0 bridgehead atoms. The van der Waals surface area contributed by atoms with E-state index in [4.69, 9.17) is 9.47 Å². The summed E-state index contributed by atoms with van der Waals surface area (Å²) in [6.45, 7) is 15.4.